The standard InChI is InChI=1S/C22H35N5S2/c1-18(2)16-24-10-12-25(13-11-24)17-26-22(28)27(19-7-4-3-5-8-19)21(23-26)15-20-9-6-14-29-20/h6,9,14,18-19H,3-5,7-8,10-13,15-17H2,1-2H3. The zero-order chi connectivity index (χ0) is 20.2. The van der Waals surface area contributed by atoms with Gasteiger partial charge in [0, 0.05) is 50.1 Å². The molecule has 0 bridgehead atoms. The highest BCUT2D eigenvalue weighted by Gasteiger charge is 2.24. The lowest BCUT2D eigenvalue weighted by Gasteiger charge is -2.35. The first kappa shape index (κ1) is 21.2. The van der Waals surface area contributed by atoms with Crippen molar-refractivity contribution in [2.45, 2.75) is 65.1 Å². The van der Waals surface area contributed by atoms with Gasteiger partial charge < -0.3 is 9.47 Å². The number of rotatable bonds is 7. The van der Waals surface area contributed by atoms with Gasteiger partial charge in [-0.05, 0) is 42.4 Å². The van der Waals surface area contributed by atoms with Crippen molar-refractivity contribution in [3.8, 4) is 0 Å². The summed E-state index contributed by atoms with van der Waals surface area (Å²) in [4.78, 5) is 6.47. The average molecular weight is 434 g/mol. The molecule has 7 heteroatoms. The topological polar surface area (TPSA) is 29.2 Å². The lowest BCUT2D eigenvalue weighted by molar-refractivity contribution is 0.0947. The quantitative estimate of drug-likeness (QED) is 0.587. The van der Waals surface area contributed by atoms with Crippen molar-refractivity contribution in [1.29, 1.82) is 0 Å². The molecular weight excluding hydrogens is 398 g/mol. The minimum atomic E-state index is 0.530. The lowest BCUT2D eigenvalue weighted by atomic mass is 9.95. The predicted octanol–water partition coefficient (Wildman–Crippen LogP) is 4.80. The second-order valence-corrected chi connectivity index (χ2v) is 10.5. The molecule has 29 heavy (non-hydrogen) atoms. The van der Waals surface area contributed by atoms with Gasteiger partial charge in [-0.15, -0.1) is 11.3 Å². The summed E-state index contributed by atoms with van der Waals surface area (Å²) in [5, 5.41) is 7.20. The summed E-state index contributed by atoms with van der Waals surface area (Å²) in [7, 11) is 0. The molecule has 4 rings (SSSR count). The summed E-state index contributed by atoms with van der Waals surface area (Å²) in [6, 6.07) is 4.88. The van der Waals surface area contributed by atoms with Crippen molar-refractivity contribution < 1.29 is 0 Å². The maximum atomic E-state index is 5.97. The molecule has 2 aliphatic rings. The third-order valence-electron chi connectivity index (χ3n) is 6.22. The number of thiophene rings is 1. The van der Waals surface area contributed by atoms with Crippen LogP contribution in [0.2, 0.25) is 0 Å². The van der Waals surface area contributed by atoms with Crippen LogP contribution < -0.4 is 0 Å². The van der Waals surface area contributed by atoms with Crippen molar-refractivity contribution in [2.24, 2.45) is 5.92 Å². The van der Waals surface area contributed by atoms with Crippen LogP contribution in [0.5, 0.6) is 0 Å². The maximum absolute atomic E-state index is 5.97. The van der Waals surface area contributed by atoms with Gasteiger partial charge in [0.25, 0.3) is 0 Å². The van der Waals surface area contributed by atoms with Crippen molar-refractivity contribution >= 4 is 23.6 Å². The van der Waals surface area contributed by atoms with Gasteiger partial charge in [-0.25, -0.2) is 4.68 Å². The first-order valence-electron chi connectivity index (χ1n) is 11.3. The largest absolute Gasteiger partial charge is 0.301 e. The van der Waals surface area contributed by atoms with Crippen LogP contribution in [0.1, 0.15) is 62.7 Å². The SMILES string of the molecule is CC(C)CN1CCN(Cn2nc(Cc3cccs3)n(C3CCCCC3)c2=S)CC1. The zero-order valence-corrected chi connectivity index (χ0v) is 19.6. The van der Waals surface area contributed by atoms with Crippen molar-refractivity contribution in [1.82, 2.24) is 24.1 Å². The first-order valence-corrected chi connectivity index (χ1v) is 12.5. The van der Waals surface area contributed by atoms with Crippen molar-refractivity contribution in [2.75, 3.05) is 32.7 Å². The third-order valence-corrected chi connectivity index (χ3v) is 7.50. The number of aromatic nitrogens is 3. The van der Waals surface area contributed by atoms with Crippen LogP contribution in [0.15, 0.2) is 17.5 Å². The Kier molecular flexibility index (Phi) is 7.21. The highest BCUT2D eigenvalue weighted by Crippen LogP contribution is 2.30. The van der Waals surface area contributed by atoms with Crippen LogP contribution in [-0.2, 0) is 13.1 Å². The van der Waals surface area contributed by atoms with Gasteiger partial charge in [-0.2, -0.15) is 5.10 Å². The van der Waals surface area contributed by atoms with E-state index >= 15 is 0 Å². The minimum absolute atomic E-state index is 0.530. The Labute approximate surface area is 184 Å². The summed E-state index contributed by atoms with van der Waals surface area (Å²) in [6.07, 6.45) is 7.37. The smallest absolute Gasteiger partial charge is 0.199 e. The first-order chi connectivity index (χ1) is 14.1. The van der Waals surface area contributed by atoms with E-state index in [-0.39, 0.29) is 0 Å². The number of hydrogen-bond donors (Lipinski definition) is 0. The fourth-order valence-electron chi connectivity index (χ4n) is 4.77. The molecule has 0 aromatic carbocycles. The van der Waals surface area contributed by atoms with E-state index in [9.17, 15) is 0 Å². The van der Waals surface area contributed by atoms with Crippen molar-refractivity contribution in [3.05, 3.63) is 33.0 Å². The van der Waals surface area contributed by atoms with Gasteiger partial charge in [-0.3, -0.25) is 4.90 Å². The molecule has 1 saturated heterocycles. The van der Waals surface area contributed by atoms with Crippen LogP contribution >= 0.6 is 23.6 Å². The van der Waals surface area contributed by atoms with Crippen molar-refractivity contribution in [3.63, 3.8) is 0 Å². The highest BCUT2D eigenvalue weighted by atomic mass is 32.1. The number of piperazine rings is 1. The summed E-state index contributed by atoms with van der Waals surface area (Å²) >= 11 is 7.78. The Bertz CT molecular complexity index is 809. The molecule has 1 aliphatic carbocycles. The molecule has 0 radical (unpaired) electrons. The highest BCUT2D eigenvalue weighted by molar-refractivity contribution is 7.71. The Hall–Kier alpha value is -1.02. The van der Waals surface area contributed by atoms with E-state index in [4.69, 9.17) is 17.3 Å². The Morgan fingerprint density at radius 3 is 2.48 bits per heavy atom. The molecule has 3 heterocycles. The van der Waals surface area contributed by atoms with Gasteiger partial charge in [0.15, 0.2) is 4.77 Å². The van der Waals surface area contributed by atoms with Crippen LogP contribution in [0, 0.1) is 10.7 Å². The summed E-state index contributed by atoms with van der Waals surface area (Å²) in [5.41, 5.74) is 0. The van der Waals surface area contributed by atoms with E-state index in [0.717, 1.165) is 55.8 Å². The van der Waals surface area contributed by atoms with E-state index in [0.29, 0.717) is 6.04 Å². The molecule has 2 aromatic rings. The molecule has 2 fully saturated rings. The molecule has 0 N–H and O–H groups in total. The molecule has 5 nitrogen and oxygen atoms in total. The second-order valence-electron chi connectivity index (χ2n) is 9.07. The van der Waals surface area contributed by atoms with Gasteiger partial charge in [0.05, 0.1) is 6.67 Å². The Morgan fingerprint density at radius 2 is 1.83 bits per heavy atom. The van der Waals surface area contributed by atoms with Gasteiger partial charge in [-0.1, -0.05) is 39.2 Å². The van der Waals surface area contributed by atoms with Crippen LogP contribution in [0.4, 0.5) is 0 Å². The molecule has 0 spiro atoms. The van der Waals surface area contributed by atoms with Gasteiger partial charge in [0.2, 0.25) is 0 Å². The Balaban J connectivity index is 1.49. The molecule has 1 aliphatic heterocycles. The van der Waals surface area contributed by atoms with E-state index in [1.54, 1.807) is 0 Å². The van der Waals surface area contributed by atoms with Crippen LogP contribution in [0.25, 0.3) is 0 Å². The predicted molar refractivity (Wildman–Crippen MR) is 123 cm³/mol. The van der Waals surface area contributed by atoms with E-state index < -0.39 is 0 Å². The molecule has 0 amide bonds. The number of nitrogens with zero attached hydrogens (tertiary/aromatic N) is 5. The van der Waals surface area contributed by atoms with E-state index in [1.807, 2.05) is 11.3 Å². The number of hydrogen-bond acceptors (Lipinski definition) is 5. The normalized spacial score (nSPS) is 20.0. The van der Waals surface area contributed by atoms with E-state index in [2.05, 4.69) is 50.4 Å². The maximum Gasteiger partial charge on any atom is 0.199 e. The lowest BCUT2D eigenvalue weighted by Crippen LogP contribution is -2.47. The molecule has 0 unspecified atom stereocenters. The van der Waals surface area contributed by atoms with E-state index in [1.165, 1.54) is 43.5 Å². The molecule has 160 valence electrons. The van der Waals surface area contributed by atoms with Crippen LogP contribution in [-0.4, -0.2) is 56.9 Å². The summed E-state index contributed by atoms with van der Waals surface area (Å²) in [5.74, 6) is 1.89. The average Bonchev–Trinajstić information content (AvgIpc) is 3.32. The molecule has 1 saturated carbocycles. The fourth-order valence-corrected chi connectivity index (χ4v) is 5.83. The summed E-state index contributed by atoms with van der Waals surface area (Å²) in [6.45, 7) is 11.1. The Morgan fingerprint density at radius 1 is 1.10 bits per heavy atom. The molecule has 2 aromatic heterocycles. The molecule has 0 atom stereocenters. The minimum Gasteiger partial charge on any atom is -0.301 e. The van der Waals surface area contributed by atoms with Gasteiger partial charge >= 0.3 is 0 Å². The monoisotopic (exact) mass is 433 g/mol. The van der Waals surface area contributed by atoms with Gasteiger partial charge in [0.1, 0.15) is 5.82 Å². The summed E-state index contributed by atoms with van der Waals surface area (Å²) < 4.78 is 5.43. The van der Waals surface area contributed by atoms with Crippen LogP contribution in [0.3, 0.4) is 0 Å². The fraction of sp³-hybridized carbons (Fsp3) is 0.727. The third kappa shape index (κ3) is 5.37. The molecular formula is C22H35N5S2. The zero-order valence-electron chi connectivity index (χ0n) is 17.9. The second kappa shape index (κ2) is 9.86.